The number of carbonyl (C=O) groups is 1. The zero-order valence-corrected chi connectivity index (χ0v) is 9.06. The molecule has 4 heteroatoms. The van der Waals surface area contributed by atoms with E-state index in [2.05, 4.69) is 0 Å². The third-order valence-electron chi connectivity index (χ3n) is 3.63. The normalized spacial score (nSPS) is 37.3. The Morgan fingerprint density at radius 1 is 1.27 bits per heavy atom. The first-order valence-electron chi connectivity index (χ1n) is 5.89. The van der Waals surface area contributed by atoms with Crippen LogP contribution >= 0.6 is 0 Å². The molecule has 0 aromatic carbocycles. The summed E-state index contributed by atoms with van der Waals surface area (Å²) in [7, 11) is 0. The van der Waals surface area contributed by atoms with Gasteiger partial charge in [-0.3, -0.25) is 4.79 Å². The molecule has 2 fully saturated rings. The van der Waals surface area contributed by atoms with Crippen molar-refractivity contribution < 1.29 is 9.90 Å². The number of rotatable bonds is 2. The zero-order valence-electron chi connectivity index (χ0n) is 9.06. The van der Waals surface area contributed by atoms with Crippen LogP contribution in [0.15, 0.2) is 0 Å². The highest BCUT2D eigenvalue weighted by molar-refractivity contribution is 5.83. The molecule has 0 spiro atoms. The van der Waals surface area contributed by atoms with E-state index >= 15 is 0 Å². The quantitative estimate of drug-likeness (QED) is 0.682. The fourth-order valence-electron chi connectivity index (χ4n) is 2.58. The number of aliphatic hydroxyl groups is 1. The molecular weight excluding hydrogens is 192 g/mol. The Morgan fingerprint density at radius 3 is 2.47 bits per heavy atom. The van der Waals surface area contributed by atoms with Crippen LogP contribution in [-0.4, -0.2) is 41.1 Å². The van der Waals surface area contributed by atoms with Crippen LogP contribution in [-0.2, 0) is 4.79 Å². The van der Waals surface area contributed by atoms with Crippen molar-refractivity contribution in [2.75, 3.05) is 13.1 Å². The maximum absolute atomic E-state index is 11.6. The third kappa shape index (κ3) is 2.49. The maximum atomic E-state index is 11.6. The summed E-state index contributed by atoms with van der Waals surface area (Å²) in [6.45, 7) is 1.66. The Bertz CT molecular complexity index is 237. The van der Waals surface area contributed by atoms with Gasteiger partial charge in [0, 0.05) is 13.1 Å². The minimum absolute atomic E-state index is 0.112. The van der Waals surface area contributed by atoms with Crippen LogP contribution in [0.2, 0.25) is 0 Å². The second-order valence-corrected chi connectivity index (χ2v) is 4.85. The van der Waals surface area contributed by atoms with Crippen LogP contribution in [0.5, 0.6) is 0 Å². The largest absolute Gasteiger partial charge is 0.393 e. The van der Waals surface area contributed by atoms with Crippen LogP contribution in [0.25, 0.3) is 0 Å². The first-order chi connectivity index (χ1) is 7.16. The van der Waals surface area contributed by atoms with Gasteiger partial charge in [-0.2, -0.15) is 0 Å². The van der Waals surface area contributed by atoms with E-state index in [0.29, 0.717) is 5.92 Å². The van der Waals surface area contributed by atoms with E-state index in [4.69, 9.17) is 5.73 Å². The summed E-state index contributed by atoms with van der Waals surface area (Å²) >= 11 is 0. The first-order valence-corrected chi connectivity index (χ1v) is 5.89. The van der Waals surface area contributed by atoms with E-state index in [1.807, 2.05) is 4.90 Å². The molecule has 1 atom stereocenters. The standard InChI is InChI=1S/C11H20N2O2/c12-10-5-6-13(11(10)15)7-8-1-3-9(14)4-2-8/h8-10,14H,1-7,12H2. The van der Waals surface area contributed by atoms with Gasteiger partial charge in [0.2, 0.25) is 5.91 Å². The molecular formula is C11H20N2O2. The first kappa shape index (κ1) is 10.9. The van der Waals surface area contributed by atoms with Crippen LogP contribution in [0.1, 0.15) is 32.1 Å². The summed E-state index contributed by atoms with van der Waals surface area (Å²) in [4.78, 5) is 13.5. The summed E-state index contributed by atoms with van der Waals surface area (Å²) in [5.74, 6) is 0.684. The molecule has 1 aliphatic carbocycles. The van der Waals surface area contributed by atoms with Gasteiger partial charge >= 0.3 is 0 Å². The van der Waals surface area contributed by atoms with E-state index in [-0.39, 0.29) is 18.1 Å². The van der Waals surface area contributed by atoms with Gasteiger partial charge in [0.05, 0.1) is 12.1 Å². The molecule has 1 saturated carbocycles. The molecule has 3 N–H and O–H groups in total. The Balaban J connectivity index is 1.80. The van der Waals surface area contributed by atoms with Crippen LogP contribution in [0.4, 0.5) is 0 Å². The lowest BCUT2D eigenvalue weighted by Crippen LogP contribution is -2.38. The SMILES string of the molecule is NC1CCN(CC2CCC(O)CC2)C1=O. The predicted octanol–water partition coefficient (Wildman–Crippen LogP) is 0.0971. The van der Waals surface area contributed by atoms with Crippen molar-refractivity contribution in [2.24, 2.45) is 11.7 Å². The van der Waals surface area contributed by atoms with Crippen molar-refractivity contribution in [3.63, 3.8) is 0 Å². The molecule has 1 unspecified atom stereocenters. The van der Waals surface area contributed by atoms with Gasteiger partial charge in [-0.25, -0.2) is 0 Å². The maximum Gasteiger partial charge on any atom is 0.239 e. The molecule has 0 radical (unpaired) electrons. The second kappa shape index (κ2) is 4.49. The Kier molecular flexibility index (Phi) is 3.26. The summed E-state index contributed by atoms with van der Waals surface area (Å²) in [6.07, 6.45) is 4.55. The number of nitrogens with zero attached hydrogens (tertiary/aromatic N) is 1. The van der Waals surface area contributed by atoms with Crippen LogP contribution in [0, 0.1) is 5.92 Å². The lowest BCUT2D eigenvalue weighted by atomic mass is 9.87. The number of nitrogens with two attached hydrogens (primary N) is 1. The van der Waals surface area contributed by atoms with Gasteiger partial charge in [0.25, 0.3) is 0 Å². The summed E-state index contributed by atoms with van der Waals surface area (Å²) < 4.78 is 0. The predicted molar refractivity (Wildman–Crippen MR) is 57.1 cm³/mol. The van der Waals surface area contributed by atoms with Gasteiger partial charge in [-0.1, -0.05) is 0 Å². The number of hydrogen-bond acceptors (Lipinski definition) is 3. The van der Waals surface area contributed by atoms with Crippen molar-refractivity contribution in [3.8, 4) is 0 Å². The number of amides is 1. The molecule has 2 rings (SSSR count). The van der Waals surface area contributed by atoms with E-state index in [0.717, 1.165) is 45.2 Å². The molecule has 1 aliphatic heterocycles. The third-order valence-corrected chi connectivity index (χ3v) is 3.63. The molecule has 0 aromatic rings. The van der Waals surface area contributed by atoms with E-state index in [1.165, 1.54) is 0 Å². The van der Waals surface area contributed by atoms with Crippen molar-refractivity contribution >= 4 is 5.91 Å². The van der Waals surface area contributed by atoms with Gasteiger partial charge in [-0.15, -0.1) is 0 Å². The Hall–Kier alpha value is -0.610. The number of carbonyl (C=O) groups excluding carboxylic acids is 1. The number of hydrogen-bond donors (Lipinski definition) is 2. The molecule has 1 saturated heterocycles. The van der Waals surface area contributed by atoms with Gasteiger partial charge in [-0.05, 0) is 38.0 Å². The van der Waals surface area contributed by atoms with Crippen molar-refractivity contribution in [1.29, 1.82) is 0 Å². The zero-order chi connectivity index (χ0) is 10.8. The second-order valence-electron chi connectivity index (χ2n) is 4.85. The average molecular weight is 212 g/mol. The fourth-order valence-corrected chi connectivity index (χ4v) is 2.58. The summed E-state index contributed by atoms with van der Waals surface area (Å²) in [6, 6.07) is -0.265. The fraction of sp³-hybridized carbons (Fsp3) is 0.909. The highest BCUT2D eigenvalue weighted by Gasteiger charge is 2.31. The molecule has 1 heterocycles. The van der Waals surface area contributed by atoms with E-state index in [1.54, 1.807) is 0 Å². The molecule has 0 aromatic heterocycles. The lowest BCUT2D eigenvalue weighted by Gasteiger charge is -2.29. The average Bonchev–Trinajstić information content (AvgIpc) is 2.53. The van der Waals surface area contributed by atoms with Crippen LogP contribution in [0.3, 0.4) is 0 Å². The topological polar surface area (TPSA) is 66.6 Å². The molecule has 1 amide bonds. The number of aliphatic hydroxyl groups excluding tert-OH is 1. The Labute approximate surface area is 90.4 Å². The van der Waals surface area contributed by atoms with Crippen LogP contribution < -0.4 is 5.73 Å². The van der Waals surface area contributed by atoms with Gasteiger partial charge in [0.15, 0.2) is 0 Å². The van der Waals surface area contributed by atoms with E-state index in [9.17, 15) is 9.90 Å². The van der Waals surface area contributed by atoms with E-state index < -0.39 is 0 Å². The molecule has 2 aliphatic rings. The van der Waals surface area contributed by atoms with Crippen molar-refractivity contribution in [3.05, 3.63) is 0 Å². The van der Waals surface area contributed by atoms with Crippen molar-refractivity contribution in [1.82, 2.24) is 4.90 Å². The summed E-state index contributed by atoms with van der Waals surface area (Å²) in [5.41, 5.74) is 5.66. The lowest BCUT2D eigenvalue weighted by molar-refractivity contribution is -0.129. The molecule has 86 valence electrons. The minimum atomic E-state index is -0.265. The highest BCUT2D eigenvalue weighted by atomic mass is 16.3. The summed E-state index contributed by atoms with van der Waals surface area (Å²) in [5, 5.41) is 9.38. The smallest absolute Gasteiger partial charge is 0.239 e. The minimum Gasteiger partial charge on any atom is -0.393 e. The molecule has 4 nitrogen and oxygen atoms in total. The van der Waals surface area contributed by atoms with Gasteiger partial charge in [0.1, 0.15) is 0 Å². The number of likely N-dealkylation sites (tertiary alicyclic amines) is 1. The monoisotopic (exact) mass is 212 g/mol. The van der Waals surface area contributed by atoms with Crippen molar-refractivity contribution in [2.45, 2.75) is 44.2 Å². The molecule has 0 bridgehead atoms. The van der Waals surface area contributed by atoms with Gasteiger partial charge < -0.3 is 15.7 Å². The highest BCUT2D eigenvalue weighted by Crippen LogP contribution is 2.26. The molecule has 15 heavy (non-hydrogen) atoms. The Morgan fingerprint density at radius 2 is 1.93 bits per heavy atom.